The van der Waals surface area contributed by atoms with Crippen molar-refractivity contribution in [2.45, 2.75) is 6.42 Å². The fourth-order valence-corrected chi connectivity index (χ4v) is 1.42. The summed E-state index contributed by atoms with van der Waals surface area (Å²) in [6, 6.07) is 10.8. The second-order valence-electron chi connectivity index (χ2n) is 3.08. The van der Waals surface area contributed by atoms with Crippen molar-refractivity contribution >= 4 is 10.8 Å². The van der Waals surface area contributed by atoms with Crippen molar-refractivity contribution in [1.29, 1.82) is 0 Å². The molecule has 0 bridgehead atoms. The summed E-state index contributed by atoms with van der Waals surface area (Å²) in [6.07, 6.45) is 0.771. The molecule has 2 aromatic carbocycles. The van der Waals surface area contributed by atoms with Crippen LogP contribution in [-0.2, 0) is 6.42 Å². The molecule has 1 heteroatoms. The Morgan fingerprint density at radius 3 is 2.46 bits per heavy atom. The Balaban J connectivity index is 2.66. The number of rotatable bonds is 1. The van der Waals surface area contributed by atoms with E-state index in [4.69, 9.17) is 0 Å². The molecular weight excluding hydrogens is 163 g/mol. The number of hydrogen-bond donors (Lipinski definition) is 0. The molecule has 0 saturated carbocycles. The van der Waals surface area contributed by atoms with Gasteiger partial charge in [-0.05, 0) is 41.8 Å². The highest BCUT2D eigenvalue weighted by Gasteiger charge is 1.96. The molecule has 0 heterocycles. The van der Waals surface area contributed by atoms with Gasteiger partial charge in [-0.3, -0.25) is 0 Å². The molecule has 1 radical (unpaired) electrons. The number of fused-ring (bicyclic) bond motifs is 1. The molecule has 0 atom stereocenters. The van der Waals surface area contributed by atoms with E-state index in [0.717, 1.165) is 17.2 Å². The minimum absolute atomic E-state index is 0.185. The maximum atomic E-state index is 12.8. The van der Waals surface area contributed by atoms with Crippen LogP contribution in [0.25, 0.3) is 10.8 Å². The second kappa shape index (κ2) is 3.17. The standard InChI is InChI=1S/C12H10F/c1-2-9-3-4-11-8-12(13)6-5-10(11)7-9/h3-8H,1-2H2. The van der Waals surface area contributed by atoms with E-state index >= 15 is 0 Å². The molecule has 0 aliphatic heterocycles. The van der Waals surface area contributed by atoms with Crippen molar-refractivity contribution in [1.82, 2.24) is 0 Å². The van der Waals surface area contributed by atoms with Crippen LogP contribution in [0, 0.1) is 12.7 Å². The summed E-state index contributed by atoms with van der Waals surface area (Å²) in [6.45, 7) is 3.81. The van der Waals surface area contributed by atoms with Crippen LogP contribution in [0.5, 0.6) is 0 Å². The SMILES string of the molecule is [CH2]Cc1ccc2cc(F)ccc2c1. The molecule has 0 nitrogen and oxygen atoms in total. The normalized spacial score (nSPS) is 10.6. The van der Waals surface area contributed by atoms with Crippen LogP contribution in [-0.4, -0.2) is 0 Å². The summed E-state index contributed by atoms with van der Waals surface area (Å²) in [7, 11) is 0. The summed E-state index contributed by atoms with van der Waals surface area (Å²) in [5, 5.41) is 2.01. The fraction of sp³-hybridized carbons (Fsp3) is 0.0833. The topological polar surface area (TPSA) is 0 Å². The van der Waals surface area contributed by atoms with Gasteiger partial charge in [0.05, 0.1) is 0 Å². The molecule has 0 amide bonds. The van der Waals surface area contributed by atoms with Crippen LogP contribution in [0.1, 0.15) is 5.56 Å². The molecule has 65 valence electrons. The molecule has 2 rings (SSSR count). The lowest BCUT2D eigenvalue weighted by Crippen LogP contribution is -1.81. The first-order valence-electron chi connectivity index (χ1n) is 4.27. The highest BCUT2D eigenvalue weighted by atomic mass is 19.1. The van der Waals surface area contributed by atoms with Crippen molar-refractivity contribution < 1.29 is 4.39 Å². The smallest absolute Gasteiger partial charge is 0.123 e. The zero-order valence-electron chi connectivity index (χ0n) is 7.26. The van der Waals surface area contributed by atoms with Gasteiger partial charge < -0.3 is 0 Å². The summed E-state index contributed by atoms with van der Waals surface area (Å²) in [4.78, 5) is 0. The predicted molar refractivity (Wildman–Crippen MR) is 53.0 cm³/mol. The second-order valence-corrected chi connectivity index (χ2v) is 3.08. The Kier molecular flexibility index (Phi) is 2.01. The molecule has 0 unspecified atom stereocenters. The van der Waals surface area contributed by atoms with E-state index in [1.165, 1.54) is 11.6 Å². The maximum Gasteiger partial charge on any atom is 0.123 e. The van der Waals surface area contributed by atoms with Gasteiger partial charge in [0.1, 0.15) is 5.82 Å². The largest absolute Gasteiger partial charge is 0.207 e. The third kappa shape index (κ3) is 1.55. The molecule has 0 aliphatic rings. The minimum Gasteiger partial charge on any atom is -0.207 e. The van der Waals surface area contributed by atoms with Crippen LogP contribution in [0.2, 0.25) is 0 Å². The first-order valence-corrected chi connectivity index (χ1v) is 4.27. The number of benzene rings is 2. The minimum atomic E-state index is -0.185. The molecule has 0 aliphatic carbocycles. The molecule has 13 heavy (non-hydrogen) atoms. The lowest BCUT2D eigenvalue weighted by Gasteiger charge is -2.00. The van der Waals surface area contributed by atoms with Gasteiger partial charge in [-0.25, -0.2) is 4.39 Å². The first-order chi connectivity index (χ1) is 6.29. The van der Waals surface area contributed by atoms with Crippen LogP contribution in [0.4, 0.5) is 4.39 Å². The van der Waals surface area contributed by atoms with Crippen molar-refractivity contribution in [2.75, 3.05) is 0 Å². The molecule has 0 aromatic heterocycles. The van der Waals surface area contributed by atoms with Gasteiger partial charge in [0, 0.05) is 0 Å². The zero-order chi connectivity index (χ0) is 9.26. The molecule has 0 saturated heterocycles. The van der Waals surface area contributed by atoms with Gasteiger partial charge in [0.15, 0.2) is 0 Å². The maximum absolute atomic E-state index is 12.8. The Bertz CT molecular complexity index is 432. The zero-order valence-corrected chi connectivity index (χ0v) is 7.26. The van der Waals surface area contributed by atoms with Gasteiger partial charge in [0.25, 0.3) is 0 Å². The van der Waals surface area contributed by atoms with Gasteiger partial charge >= 0.3 is 0 Å². The lowest BCUT2D eigenvalue weighted by atomic mass is 10.1. The monoisotopic (exact) mass is 173 g/mol. The first kappa shape index (κ1) is 8.24. The molecule has 2 aromatic rings. The molecule has 0 spiro atoms. The van der Waals surface area contributed by atoms with E-state index in [1.54, 1.807) is 12.1 Å². The van der Waals surface area contributed by atoms with Gasteiger partial charge in [-0.15, -0.1) is 0 Å². The summed E-state index contributed by atoms with van der Waals surface area (Å²) >= 11 is 0. The molecule has 0 N–H and O–H groups in total. The highest BCUT2D eigenvalue weighted by Crippen LogP contribution is 2.17. The van der Waals surface area contributed by atoms with Gasteiger partial charge in [-0.1, -0.05) is 24.3 Å². The van der Waals surface area contributed by atoms with E-state index in [0.29, 0.717) is 0 Å². The van der Waals surface area contributed by atoms with Crippen molar-refractivity contribution in [3.05, 3.63) is 54.7 Å². The highest BCUT2D eigenvalue weighted by molar-refractivity contribution is 5.83. The lowest BCUT2D eigenvalue weighted by molar-refractivity contribution is 0.630. The van der Waals surface area contributed by atoms with Gasteiger partial charge in [-0.2, -0.15) is 0 Å². The third-order valence-corrected chi connectivity index (χ3v) is 2.16. The van der Waals surface area contributed by atoms with Crippen molar-refractivity contribution in [2.24, 2.45) is 0 Å². The number of hydrogen-bond acceptors (Lipinski definition) is 0. The van der Waals surface area contributed by atoms with Crippen LogP contribution in [0.15, 0.2) is 36.4 Å². The quantitative estimate of drug-likeness (QED) is 0.620. The summed E-state index contributed by atoms with van der Waals surface area (Å²) in [5.74, 6) is -0.185. The average Bonchev–Trinajstić information content (AvgIpc) is 2.17. The Labute approximate surface area is 77.0 Å². The van der Waals surface area contributed by atoms with E-state index in [1.807, 2.05) is 18.2 Å². The van der Waals surface area contributed by atoms with Crippen molar-refractivity contribution in [3.63, 3.8) is 0 Å². The summed E-state index contributed by atoms with van der Waals surface area (Å²) in [5.41, 5.74) is 1.18. The van der Waals surface area contributed by atoms with Crippen LogP contribution in [0.3, 0.4) is 0 Å². The predicted octanol–water partition coefficient (Wildman–Crippen LogP) is 3.36. The Morgan fingerprint density at radius 2 is 1.69 bits per heavy atom. The van der Waals surface area contributed by atoms with Gasteiger partial charge in [0.2, 0.25) is 0 Å². The van der Waals surface area contributed by atoms with Crippen LogP contribution < -0.4 is 0 Å². The van der Waals surface area contributed by atoms with Crippen molar-refractivity contribution in [3.8, 4) is 0 Å². The van der Waals surface area contributed by atoms with E-state index < -0.39 is 0 Å². The van der Waals surface area contributed by atoms with Crippen LogP contribution >= 0.6 is 0 Å². The number of halogens is 1. The van der Waals surface area contributed by atoms with E-state index in [2.05, 4.69) is 6.92 Å². The average molecular weight is 173 g/mol. The van der Waals surface area contributed by atoms with E-state index in [-0.39, 0.29) is 5.82 Å². The third-order valence-electron chi connectivity index (χ3n) is 2.16. The fourth-order valence-electron chi connectivity index (χ4n) is 1.42. The molecule has 0 fully saturated rings. The molecular formula is C12H10F. The summed E-state index contributed by atoms with van der Waals surface area (Å²) < 4.78 is 12.8. The van der Waals surface area contributed by atoms with E-state index in [9.17, 15) is 4.39 Å². The Morgan fingerprint density at radius 1 is 1.00 bits per heavy atom. The Hall–Kier alpha value is -1.37.